The van der Waals surface area contributed by atoms with Crippen molar-refractivity contribution >= 4 is 33.1 Å². The molecule has 2 aromatic heterocycles. The number of carbonyl (C=O) groups is 1. The number of likely N-dealkylation sites (tertiary alicyclic amines) is 1. The number of benzene rings is 2. The number of aromatic nitrogens is 1. The molecule has 1 saturated heterocycles. The van der Waals surface area contributed by atoms with Crippen molar-refractivity contribution in [2.45, 2.75) is 18.8 Å². The second-order valence-electron chi connectivity index (χ2n) is 8.65. The lowest BCUT2D eigenvalue weighted by Gasteiger charge is -2.32. The summed E-state index contributed by atoms with van der Waals surface area (Å²) in [6, 6.07) is 23.5. The Kier molecular flexibility index (Phi) is 5.66. The summed E-state index contributed by atoms with van der Waals surface area (Å²) in [5.74, 6) is 0.626. The number of anilines is 1. The van der Waals surface area contributed by atoms with Gasteiger partial charge in [0.05, 0.1) is 4.88 Å². The van der Waals surface area contributed by atoms with E-state index in [9.17, 15) is 4.79 Å². The lowest BCUT2D eigenvalue weighted by atomic mass is 9.87. The van der Waals surface area contributed by atoms with Gasteiger partial charge in [0.2, 0.25) is 0 Å². The molecule has 5 heteroatoms. The van der Waals surface area contributed by atoms with Gasteiger partial charge in [0.25, 0.3) is 5.91 Å². The molecule has 1 amide bonds. The Hall–Kier alpha value is -3.18. The van der Waals surface area contributed by atoms with Gasteiger partial charge in [-0.1, -0.05) is 42.5 Å². The number of hydrogen-bond donors (Lipinski definition) is 0. The third kappa shape index (κ3) is 4.13. The molecular weight excluding hydrogens is 414 g/mol. The van der Waals surface area contributed by atoms with Gasteiger partial charge in [0, 0.05) is 44.5 Å². The van der Waals surface area contributed by atoms with Crippen LogP contribution in [0.3, 0.4) is 0 Å². The molecule has 2 aromatic carbocycles. The molecule has 0 saturated carbocycles. The summed E-state index contributed by atoms with van der Waals surface area (Å²) < 4.78 is 0. The molecule has 0 radical (unpaired) electrons. The molecule has 1 aliphatic heterocycles. The molecule has 4 nitrogen and oxygen atoms in total. The SMILES string of the molecule is CN(C)c1cccc(-c2cccc(C3CCN(C(=O)c4cc5cccnc5s4)CC3)c2)c1. The molecule has 4 aromatic rings. The first-order valence-corrected chi connectivity index (χ1v) is 11.9. The molecule has 5 rings (SSSR count). The standard InChI is InChI=1S/C27H27N3OS/c1-29(2)24-10-4-8-22(17-24)21-7-3-6-20(16-21)19-11-14-30(15-12-19)27(31)25-18-23-9-5-13-28-26(23)32-25/h3-10,13,16-19H,11-12,14-15H2,1-2H3. The van der Waals surface area contributed by atoms with Crippen molar-refractivity contribution in [3.8, 4) is 11.1 Å². The van der Waals surface area contributed by atoms with Crippen LogP contribution in [0, 0.1) is 0 Å². The highest BCUT2D eigenvalue weighted by Gasteiger charge is 2.26. The summed E-state index contributed by atoms with van der Waals surface area (Å²) in [6.45, 7) is 1.59. The molecule has 1 fully saturated rings. The predicted octanol–water partition coefficient (Wildman–Crippen LogP) is 6.05. The number of nitrogens with zero attached hydrogens (tertiary/aromatic N) is 3. The highest BCUT2D eigenvalue weighted by atomic mass is 32.1. The number of fused-ring (bicyclic) bond motifs is 1. The fourth-order valence-electron chi connectivity index (χ4n) is 4.49. The van der Waals surface area contributed by atoms with Gasteiger partial charge in [0.1, 0.15) is 4.83 Å². The number of rotatable bonds is 4. The van der Waals surface area contributed by atoms with Gasteiger partial charge in [-0.25, -0.2) is 4.98 Å². The Bertz CT molecular complexity index is 1220. The second-order valence-corrected chi connectivity index (χ2v) is 9.68. The quantitative estimate of drug-likeness (QED) is 0.387. The van der Waals surface area contributed by atoms with Crippen LogP contribution >= 0.6 is 11.3 Å². The number of hydrogen-bond acceptors (Lipinski definition) is 4. The largest absolute Gasteiger partial charge is 0.378 e. The van der Waals surface area contributed by atoms with Crippen LogP contribution < -0.4 is 4.90 Å². The maximum absolute atomic E-state index is 13.0. The lowest BCUT2D eigenvalue weighted by molar-refractivity contribution is 0.0718. The van der Waals surface area contributed by atoms with E-state index in [1.54, 1.807) is 6.20 Å². The normalized spacial score (nSPS) is 14.6. The average molecular weight is 442 g/mol. The first-order valence-electron chi connectivity index (χ1n) is 11.1. The number of pyridine rings is 1. The lowest BCUT2D eigenvalue weighted by Crippen LogP contribution is -2.37. The zero-order chi connectivity index (χ0) is 22.1. The van der Waals surface area contributed by atoms with Crippen molar-refractivity contribution in [2.75, 3.05) is 32.1 Å². The first-order chi connectivity index (χ1) is 15.6. The summed E-state index contributed by atoms with van der Waals surface area (Å²) in [5, 5.41) is 1.05. The van der Waals surface area contributed by atoms with Crippen molar-refractivity contribution < 1.29 is 4.79 Å². The van der Waals surface area contributed by atoms with E-state index in [-0.39, 0.29) is 5.91 Å². The van der Waals surface area contributed by atoms with Gasteiger partial charge in [-0.05, 0) is 59.7 Å². The van der Waals surface area contributed by atoms with Gasteiger partial charge >= 0.3 is 0 Å². The molecule has 0 aliphatic carbocycles. The summed E-state index contributed by atoms with van der Waals surface area (Å²) >= 11 is 1.49. The summed E-state index contributed by atoms with van der Waals surface area (Å²) in [7, 11) is 4.14. The smallest absolute Gasteiger partial charge is 0.264 e. The van der Waals surface area contributed by atoms with Crippen LogP contribution in [0.5, 0.6) is 0 Å². The van der Waals surface area contributed by atoms with Crippen LogP contribution in [-0.4, -0.2) is 43.0 Å². The fraction of sp³-hybridized carbons (Fsp3) is 0.259. The third-order valence-electron chi connectivity index (χ3n) is 6.34. The molecular formula is C27H27N3OS. The van der Waals surface area contributed by atoms with Crippen LogP contribution in [0.2, 0.25) is 0 Å². The van der Waals surface area contributed by atoms with E-state index >= 15 is 0 Å². The van der Waals surface area contributed by atoms with Crippen molar-refractivity contribution in [1.82, 2.24) is 9.88 Å². The third-order valence-corrected chi connectivity index (χ3v) is 7.39. The van der Waals surface area contributed by atoms with E-state index < -0.39 is 0 Å². The first kappa shape index (κ1) is 20.7. The molecule has 0 spiro atoms. The van der Waals surface area contributed by atoms with Gasteiger partial charge < -0.3 is 9.80 Å². The minimum Gasteiger partial charge on any atom is -0.378 e. The van der Waals surface area contributed by atoms with Crippen molar-refractivity contribution in [2.24, 2.45) is 0 Å². The Labute approximate surface area is 193 Å². The number of piperidine rings is 1. The monoisotopic (exact) mass is 441 g/mol. The molecule has 0 atom stereocenters. The van der Waals surface area contributed by atoms with Crippen LogP contribution in [0.4, 0.5) is 5.69 Å². The molecule has 0 N–H and O–H groups in total. The van der Waals surface area contributed by atoms with E-state index in [1.165, 1.54) is 33.7 Å². The van der Waals surface area contributed by atoms with E-state index in [2.05, 4.69) is 72.5 Å². The number of amides is 1. The summed E-state index contributed by atoms with van der Waals surface area (Å²) in [5.41, 5.74) is 5.07. The highest BCUT2D eigenvalue weighted by Crippen LogP contribution is 2.33. The fourth-order valence-corrected chi connectivity index (χ4v) is 5.46. The van der Waals surface area contributed by atoms with Gasteiger partial charge in [-0.3, -0.25) is 4.79 Å². The van der Waals surface area contributed by atoms with Crippen molar-refractivity contribution in [1.29, 1.82) is 0 Å². The van der Waals surface area contributed by atoms with E-state index in [4.69, 9.17) is 0 Å². The molecule has 0 bridgehead atoms. The molecule has 1 aliphatic rings. The van der Waals surface area contributed by atoms with Gasteiger partial charge in [0.15, 0.2) is 0 Å². The zero-order valence-electron chi connectivity index (χ0n) is 18.5. The molecule has 0 unspecified atom stereocenters. The predicted molar refractivity (Wildman–Crippen MR) is 134 cm³/mol. The number of carbonyl (C=O) groups excluding carboxylic acids is 1. The molecule has 32 heavy (non-hydrogen) atoms. The van der Waals surface area contributed by atoms with Gasteiger partial charge in [-0.2, -0.15) is 0 Å². The van der Waals surface area contributed by atoms with Crippen LogP contribution in [0.15, 0.2) is 72.9 Å². The van der Waals surface area contributed by atoms with E-state index in [0.29, 0.717) is 5.92 Å². The van der Waals surface area contributed by atoms with Crippen LogP contribution in [0.25, 0.3) is 21.3 Å². The second kappa shape index (κ2) is 8.75. The molecule has 162 valence electrons. The Morgan fingerprint density at radius 3 is 2.47 bits per heavy atom. The Balaban J connectivity index is 1.28. The minimum absolute atomic E-state index is 0.140. The van der Waals surface area contributed by atoms with E-state index in [1.807, 2.05) is 23.1 Å². The van der Waals surface area contributed by atoms with Gasteiger partial charge in [-0.15, -0.1) is 11.3 Å². The average Bonchev–Trinajstić information content (AvgIpc) is 3.28. The van der Waals surface area contributed by atoms with Crippen LogP contribution in [0.1, 0.15) is 34.0 Å². The minimum atomic E-state index is 0.140. The van der Waals surface area contributed by atoms with Crippen molar-refractivity contribution in [3.63, 3.8) is 0 Å². The van der Waals surface area contributed by atoms with Crippen LogP contribution in [-0.2, 0) is 0 Å². The molecule has 3 heterocycles. The Morgan fingerprint density at radius 1 is 0.969 bits per heavy atom. The highest BCUT2D eigenvalue weighted by molar-refractivity contribution is 7.20. The topological polar surface area (TPSA) is 36.4 Å². The number of thiophene rings is 1. The maximum atomic E-state index is 13.0. The zero-order valence-corrected chi connectivity index (χ0v) is 19.3. The van der Waals surface area contributed by atoms with E-state index in [0.717, 1.165) is 41.0 Å². The summed E-state index contributed by atoms with van der Waals surface area (Å²) in [6.07, 6.45) is 3.77. The maximum Gasteiger partial charge on any atom is 0.264 e. The summed E-state index contributed by atoms with van der Waals surface area (Å²) in [4.78, 5) is 23.3. The Morgan fingerprint density at radius 2 is 1.72 bits per heavy atom. The van der Waals surface area contributed by atoms with Crippen molar-refractivity contribution in [3.05, 3.63) is 83.4 Å².